The summed E-state index contributed by atoms with van der Waals surface area (Å²) in [5.41, 5.74) is -3.63. The maximum atomic E-state index is 12.3. The predicted molar refractivity (Wildman–Crippen MR) is 241 cm³/mol. The molecule has 71 heavy (non-hydrogen) atoms. The monoisotopic (exact) mass is 1040 g/mol. The van der Waals surface area contributed by atoms with Gasteiger partial charge in [-0.15, -0.1) is 0 Å². The molecule has 408 valence electrons. The first-order valence-electron chi connectivity index (χ1n) is 25.3. The quantitative estimate of drug-likeness (QED) is 0.0595. The van der Waals surface area contributed by atoms with E-state index in [9.17, 15) is 69.1 Å². The Morgan fingerprint density at radius 3 is 1.93 bits per heavy atom. The number of hydrogen-bond donors (Lipinski definition) is 12. The van der Waals surface area contributed by atoms with Gasteiger partial charge in [-0.05, 0) is 86.4 Å². The molecule has 5 aliphatic carbocycles. The SMILES string of the molecule is C[C@H]1O[C@@H](O[C@H]2CC[C@@]3(C)[C@@H](CC[C@]4(C)[C@@H]3C=C[C@]35OC[C@@]6(CC[C@@](C)(CO)C[C@H]63)[C@@H](O)C[C@]54C)[C@]2(C)CO)[C@H](O[C@@H]2O[C@H](CO)[C@@H](O)[C@H](O)[C@H]2O)[C@@H](O[C@@H]2O[C@H](CO)[C@@H](OS(=O)(=O)O)[C@H](O)[C@H]2O)[C@H]1O. The van der Waals surface area contributed by atoms with Gasteiger partial charge in [0.15, 0.2) is 18.9 Å². The van der Waals surface area contributed by atoms with Gasteiger partial charge in [0.25, 0.3) is 0 Å². The summed E-state index contributed by atoms with van der Waals surface area (Å²) >= 11 is 0. The molecule has 0 aromatic heterocycles. The van der Waals surface area contributed by atoms with Crippen molar-refractivity contribution in [1.29, 1.82) is 0 Å². The van der Waals surface area contributed by atoms with E-state index in [1.54, 1.807) is 0 Å². The van der Waals surface area contributed by atoms with E-state index in [2.05, 4.69) is 44.0 Å². The average Bonchev–Trinajstić information content (AvgIpc) is 3.60. The highest BCUT2D eigenvalue weighted by atomic mass is 32.3. The van der Waals surface area contributed by atoms with Gasteiger partial charge in [0.05, 0.1) is 50.3 Å². The van der Waals surface area contributed by atoms with Crippen LogP contribution in [-0.2, 0) is 47.7 Å². The molecule has 12 N–H and O–H groups in total. The Hall–Kier alpha value is -1.11. The molecule has 23 heteroatoms. The lowest BCUT2D eigenvalue weighted by Crippen LogP contribution is -2.73. The zero-order valence-electron chi connectivity index (χ0n) is 41.3. The number of allylic oxidation sites excluding steroid dienone is 1. The molecule has 0 unspecified atom stereocenters. The van der Waals surface area contributed by atoms with Crippen molar-refractivity contribution in [1.82, 2.24) is 0 Å². The first-order chi connectivity index (χ1) is 33.2. The number of hydrogen-bond acceptors (Lipinski definition) is 21. The third kappa shape index (κ3) is 8.20. The highest BCUT2D eigenvalue weighted by Gasteiger charge is 2.79. The fourth-order valence-corrected chi connectivity index (χ4v) is 16.6. The number of fused-ring (bicyclic) bond motifs is 4. The van der Waals surface area contributed by atoms with Crippen LogP contribution in [0.5, 0.6) is 0 Å². The Balaban J connectivity index is 1.03. The van der Waals surface area contributed by atoms with Crippen molar-refractivity contribution < 1.29 is 106 Å². The second-order valence-electron chi connectivity index (χ2n) is 24.1. The van der Waals surface area contributed by atoms with Crippen molar-refractivity contribution in [3.05, 3.63) is 12.2 Å². The van der Waals surface area contributed by atoms with Crippen LogP contribution in [0, 0.1) is 50.2 Å². The summed E-state index contributed by atoms with van der Waals surface area (Å²) in [6.45, 7) is 10.8. The van der Waals surface area contributed by atoms with Crippen molar-refractivity contribution in [3.63, 3.8) is 0 Å². The van der Waals surface area contributed by atoms with Gasteiger partial charge in [-0.1, -0.05) is 46.8 Å². The molecule has 0 aromatic carbocycles. The third-order valence-electron chi connectivity index (χ3n) is 20.5. The van der Waals surface area contributed by atoms with Crippen LogP contribution in [-0.4, -0.2) is 212 Å². The molecule has 4 heterocycles. The summed E-state index contributed by atoms with van der Waals surface area (Å²) < 4.78 is 81.3. The minimum atomic E-state index is -5.24. The van der Waals surface area contributed by atoms with Gasteiger partial charge in [0, 0.05) is 28.8 Å². The van der Waals surface area contributed by atoms with E-state index >= 15 is 0 Å². The lowest BCUT2D eigenvalue weighted by atomic mass is 9.32. The van der Waals surface area contributed by atoms with Gasteiger partial charge in [0.1, 0.15) is 67.1 Å². The molecule has 0 aromatic rings. The fourth-order valence-electron chi connectivity index (χ4n) is 16.1. The molecule has 9 rings (SSSR count). The van der Waals surface area contributed by atoms with E-state index in [0.29, 0.717) is 32.3 Å². The van der Waals surface area contributed by atoms with Crippen LogP contribution in [0.3, 0.4) is 0 Å². The number of aliphatic hydroxyl groups is 11. The molecule has 1 spiro atoms. The number of ether oxygens (including phenoxy) is 7. The number of rotatable bonds is 12. The van der Waals surface area contributed by atoms with Crippen LogP contribution in [0.1, 0.15) is 92.9 Å². The van der Waals surface area contributed by atoms with Crippen LogP contribution in [0.4, 0.5) is 0 Å². The molecular weight excluding hydrogens is 961 g/mol. The maximum absolute atomic E-state index is 12.3. The average molecular weight is 1040 g/mol. The van der Waals surface area contributed by atoms with Gasteiger partial charge in [0.2, 0.25) is 0 Å². The molecule has 9 aliphatic rings. The summed E-state index contributed by atoms with van der Waals surface area (Å²) in [4.78, 5) is 0. The molecule has 27 atom stereocenters. The summed E-state index contributed by atoms with van der Waals surface area (Å²) in [5, 5.41) is 121. The Kier molecular flexibility index (Phi) is 14.5. The van der Waals surface area contributed by atoms with Crippen LogP contribution < -0.4 is 0 Å². The van der Waals surface area contributed by atoms with Crippen LogP contribution in [0.2, 0.25) is 0 Å². The summed E-state index contributed by atoms with van der Waals surface area (Å²) in [5.74, 6) is -0.197. The van der Waals surface area contributed by atoms with Crippen LogP contribution >= 0.6 is 0 Å². The Labute approximate surface area is 414 Å². The van der Waals surface area contributed by atoms with Crippen molar-refractivity contribution in [2.24, 2.45) is 50.2 Å². The third-order valence-corrected chi connectivity index (χ3v) is 21.0. The molecule has 8 fully saturated rings. The lowest BCUT2D eigenvalue weighted by Gasteiger charge is -2.73. The second-order valence-corrected chi connectivity index (χ2v) is 25.1. The van der Waals surface area contributed by atoms with Crippen LogP contribution in [0.15, 0.2) is 12.2 Å². The Morgan fingerprint density at radius 1 is 0.648 bits per heavy atom. The fraction of sp³-hybridized carbons (Fsp3) is 0.958. The largest absolute Gasteiger partial charge is 0.397 e. The van der Waals surface area contributed by atoms with Gasteiger partial charge in [-0.3, -0.25) is 4.55 Å². The van der Waals surface area contributed by atoms with Gasteiger partial charge < -0.3 is 89.3 Å². The highest BCUT2D eigenvalue weighted by molar-refractivity contribution is 7.80. The normalized spacial score (nSPS) is 57.0. The van der Waals surface area contributed by atoms with E-state index in [1.165, 1.54) is 6.92 Å². The highest BCUT2D eigenvalue weighted by Crippen LogP contribution is 2.79. The maximum Gasteiger partial charge on any atom is 0.397 e. The van der Waals surface area contributed by atoms with Gasteiger partial charge >= 0.3 is 10.4 Å². The minimum absolute atomic E-state index is 0.00790. The first-order valence-corrected chi connectivity index (χ1v) is 26.7. The molecule has 2 bridgehead atoms. The molecule has 0 amide bonds. The van der Waals surface area contributed by atoms with Crippen molar-refractivity contribution in [3.8, 4) is 0 Å². The van der Waals surface area contributed by atoms with Crippen molar-refractivity contribution in [2.45, 2.75) is 203 Å². The zero-order chi connectivity index (χ0) is 51.8. The molecule has 0 radical (unpaired) electrons. The van der Waals surface area contributed by atoms with E-state index in [1.807, 2.05) is 6.92 Å². The molecular formula is C48H78O22S. The minimum Gasteiger partial charge on any atom is -0.396 e. The molecule has 4 saturated carbocycles. The van der Waals surface area contributed by atoms with Gasteiger partial charge in [-0.25, -0.2) is 4.18 Å². The lowest BCUT2D eigenvalue weighted by molar-refractivity contribution is -0.397. The molecule has 4 aliphatic heterocycles. The topological polar surface area (TPSA) is 351 Å². The predicted octanol–water partition coefficient (Wildman–Crippen LogP) is -1.60. The van der Waals surface area contributed by atoms with Crippen LogP contribution in [0.25, 0.3) is 0 Å². The Bertz CT molecular complexity index is 2080. The number of aliphatic hydroxyl groups excluding tert-OH is 11. The summed E-state index contributed by atoms with van der Waals surface area (Å²) in [6.07, 6.45) is -18.3. The smallest absolute Gasteiger partial charge is 0.396 e. The first kappa shape index (κ1) is 54.7. The van der Waals surface area contributed by atoms with Crippen molar-refractivity contribution >= 4 is 10.4 Å². The molecule has 22 nitrogen and oxygen atoms in total. The van der Waals surface area contributed by atoms with E-state index in [4.69, 9.17) is 33.2 Å². The van der Waals surface area contributed by atoms with Gasteiger partial charge in [-0.2, -0.15) is 8.42 Å². The zero-order valence-corrected chi connectivity index (χ0v) is 42.1. The summed E-state index contributed by atoms with van der Waals surface area (Å²) in [7, 11) is -5.24. The van der Waals surface area contributed by atoms with Crippen molar-refractivity contribution in [2.75, 3.05) is 33.0 Å². The van der Waals surface area contributed by atoms with E-state index in [0.717, 1.165) is 25.7 Å². The van der Waals surface area contributed by atoms with E-state index < -0.39 is 155 Å². The standard InChI is InChI=1S/C48H78O22S/c1-22-30(54)37(68-40-35(59)33(57)36(24(18-50)66-40)70-71(60,61)62)38(69-39-34(58)32(56)31(55)23(17-49)65-39)41(64-22)67-29-9-10-43(3)25(44(29,4)20-52)7-11-45(5)26(43)8-12-48-27-15-42(2,19-51)13-14-47(27,21-63-48)28(53)16-46(45,48)6/h8,12,22-41,49-59H,7,9-11,13-21H2,1-6H3,(H,60,61,62)/t22-,23-,24-,25-,26-,27-,28+,29+,30+,31-,32+,33-,34-,35-,36-,37+,38-,39+,40+,41+,42-,43+,44+,45-,46+,47-,48+/m1/s1. The summed E-state index contributed by atoms with van der Waals surface area (Å²) in [6, 6.07) is 0. The van der Waals surface area contributed by atoms with E-state index in [-0.39, 0.29) is 41.8 Å². The molecule has 4 saturated heterocycles. The second kappa shape index (κ2) is 18.8. The Morgan fingerprint density at radius 2 is 1.30 bits per heavy atom.